The molecule has 0 bridgehead atoms. The molecule has 0 unspecified atom stereocenters. The SMILES string of the molecule is CC[C@](C)(CO)NC(=O)c1ccc(F)cc1C. The van der Waals surface area contributed by atoms with E-state index in [1.165, 1.54) is 18.2 Å². The molecule has 0 aliphatic carbocycles. The number of amides is 1. The Kier molecular flexibility index (Phi) is 4.23. The van der Waals surface area contributed by atoms with Gasteiger partial charge in [-0.1, -0.05) is 6.92 Å². The summed E-state index contributed by atoms with van der Waals surface area (Å²) in [6.07, 6.45) is 0.621. The van der Waals surface area contributed by atoms with E-state index >= 15 is 0 Å². The minimum Gasteiger partial charge on any atom is -0.394 e. The van der Waals surface area contributed by atoms with Crippen molar-refractivity contribution in [3.8, 4) is 0 Å². The normalized spacial score (nSPS) is 14.2. The highest BCUT2D eigenvalue weighted by Gasteiger charge is 2.24. The number of carbonyl (C=O) groups is 1. The van der Waals surface area contributed by atoms with Crippen molar-refractivity contribution < 1.29 is 14.3 Å². The smallest absolute Gasteiger partial charge is 0.252 e. The van der Waals surface area contributed by atoms with Gasteiger partial charge in [0.15, 0.2) is 0 Å². The third-order valence-electron chi connectivity index (χ3n) is 2.98. The van der Waals surface area contributed by atoms with Crippen molar-refractivity contribution in [3.05, 3.63) is 35.1 Å². The standard InChI is InChI=1S/C13H18FNO2/c1-4-13(3,8-16)15-12(17)11-6-5-10(14)7-9(11)2/h5-7,16H,4,8H2,1-3H3,(H,15,17)/t13-/m1/s1. The van der Waals surface area contributed by atoms with Gasteiger partial charge in [-0.3, -0.25) is 4.79 Å². The molecule has 1 aromatic carbocycles. The zero-order chi connectivity index (χ0) is 13.1. The highest BCUT2D eigenvalue weighted by atomic mass is 19.1. The predicted octanol–water partition coefficient (Wildman–Crippen LogP) is 2.02. The van der Waals surface area contributed by atoms with E-state index in [0.717, 1.165) is 0 Å². The number of halogens is 1. The van der Waals surface area contributed by atoms with Crippen molar-refractivity contribution in [2.24, 2.45) is 0 Å². The second kappa shape index (κ2) is 5.27. The third kappa shape index (κ3) is 3.27. The Hall–Kier alpha value is -1.42. The lowest BCUT2D eigenvalue weighted by atomic mass is 9.99. The van der Waals surface area contributed by atoms with E-state index in [9.17, 15) is 14.3 Å². The number of aliphatic hydroxyl groups excluding tert-OH is 1. The summed E-state index contributed by atoms with van der Waals surface area (Å²) in [5.41, 5.74) is 0.371. The first kappa shape index (κ1) is 13.6. The molecule has 4 heteroatoms. The summed E-state index contributed by atoms with van der Waals surface area (Å²) in [5, 5.41) is 12.0. The quantitative estimate of drug-likeness (QED) is 0.844. The van der Waals surface area contributed by atoms with Gasteiger partial charge < -0.3 is 10.4 Å². The zero-order valence-electron chi connectivity index (χ0n) is 10.4. The lowest BCUT2D eigenvalue weighted by molar-refractivity contribution is 0.0846. The average Bonchev–Trinajstić information content (AvgIpc) is 2.28. The van der Waals surface area contributed by atoms with Crippen molar-refractivity contribution in [2.45, 2.75) is 32.7 Å². The lowest BCUT2D eigenvalue weighted by Gasteiger charge is -2.27. The molecule has 0 saturated heterocycles. The Morgan fingerprint density at radius 2 is 2.18 bits per heavy atom. The number of benzene rings is 1. The van der Waals surface area contributed by atoms with E-state index in [1.807, 2.05) is 6.92 Å². The molecule has 0 spiro atoms. The summed E-state index contributed by atoms with van der Waals surface area (Å²) in [7, 11) is 0. The first-order valence-corrected chi connectivity index (χ1v) is 5.61. The molecule has 0 radical (unpaired) electrons. The van der Waals surface area contributed by atoms with Crippen molar-refractivity contribution in [3.63, 3.8) is 0 Å². The summed E-state index contributed by atoms with van der Waals surface area (Å²) in [4.78, 5) is 12.0. The molecule has 1 amide bonds. The van der Waals surface area contributed by atoms with Crippen LogP contribution in [0.4, 0.5) is 4.39 Å². The molecule has 94 valence electrons. The summed E-state index contributed by atoms with van der Waals surface area (Å²) < 4.78 is 12.9. The Balaban J connectivity index is 2.90. The summed E-state index contributed by atoms with van der Waals surface area (Å²) >= 11 is 0. The van der Waals surface area contributed by atoms with Crippen LogP contribution in [0.5, 0.6) is 0 Å². The maximum absolute atomic E-state index is 12.9. The molecular weight excluding hydrogens is 221 g/mol. The molecule has 0 heterocycles. The molecule has 0 fully saturated rings. The van der Waals surface area contributed by atoms with Crippen LogP contribution in [0.1, 0.15) is 36.2 Å². The van der Waals surface area contributed by atoms with Crippen molar-refractivity contribution in [1.82, 2.24) is 5.32 Å². The Bertz CT molecular complexity index is 414. The molecule has 0 saturated carbocycles. The molecule has 0 aliphatic heterocycles. The van der Waals surface area contributed by atoms with Gasteiger partial charge in [-0.05, 0) is 44.0 Å². The molecular formula is C13H18FNO2. The Morgan fingerprint density at radius 1 is 1.53 bits per heavy atom. The number of hydrogen-bond acceptors (Lipinski definition) is 2. The predicted molar refractivity (Wildman–Crippen MR) is 64.4 cm³/mol. The second-order valence-electron chi connectivity index (χ2n) is 4.49. The lowest BCUT2D eigenvalue weighted by Crippen LogP contribution is -2.48. The minimum absolute atomic E-state index is 0.129. The van der Waals surface area contributed by atoms with Crippen LogP contribution in [0.25, 0.3) is 0 Å². The first-order chi connectivity index (χ1) is 7.91. The van der Waals surface area contributed by atoms with Gasteiger partial charge in [0.05, 0.1) is 12.1 Å². The van der Waals surface area contributed by atoms with Gasteiger partial charge in [0, 0.05) is 5.56 Å². The topological polar surface area (TPSA) is 49.3 Å². The first-order valence-electron chi connectivity index (χ1n) is 5.61. The Morgan fingerprint density at radius 3 is 2.65 bits per heavy atom. The van der Waals surface area contributed by atoms with Gasteiger partial charge in [0.1, 0.15) is 5.82 Å². The van der Waals surface area contributed by atoms with E-state index in [2.05, 4.69) is 5.32 Å². The number of nitrogens with one attached hydrogen (secondary N) is 1. The van der Waals surface area contributed by atoms with Gasteiger partial charge >= 0.3 is 0 Å². The van der Waals surface area contributed by atoms with Crippen LogP contribution in [-0.2, 0) is 0 Å². The number of rotatable bonds is 4. The number of hydrogen-bond donors (Lipinski definition) is 2. The zero-order valence-corrected chi connectivity index (χ0v) is 10.4. The summed E-state index contributed by atoms with van der Waals surface area (Å²) in [6, 6.07) is 4.02. The van der Waals surface area contributed by atoms with Crippen LogP contribution in [0, 0.1) is 12.7 Å². The number of aryl methyl sites for hydroxylation is 1. The van der Waals surface area contributed by atoms with Gasteiger partial charge in [0.25, 0.3) is 5.91 Å². The van der Waals surface area contributed by atoms with E-state index in [4.69, 9.17) is 0 Å². The van der Waals surface area contributed by atoms with Crippen molar-refractivity contribution in [1.29, 1.82) is 0 Å². The van der Waals surface area contributed by atoms with Crippen molar-refractivity contribution in [2.75, 3.05) is 6.61 Å². The number of carbonyl (C=O) groups excluding carboxylic acids is 1. The van der Waals surface area contributed by atoms with Gasteiger partial charge in [0.2, 0.25) is 0 Å². The molecule has 3 nitrogen and oxygen atoms in total. The molecule has 0 aliphatic rings. The van der Waals surface area contributed by atoms with E-state index in [0.29, 0.717) is 17.5 Å². The fourth-order valence-electron chi connectivity index (χ4n) is 1.46. The summed E-state index contributed by atoms with van der Waals surface area (Å²) in [6.45, 7) is 5.20. The largest absolute Gasteiger partial charge is 0.394 e. The maximum atomic E-state index is 12.9. The van der Waals surface area contributed by atoms with Gasteiger partial charge in [-0.25, -0.2) is 4.39 Å². The average molecular weight is 239 g/mol. The van der Waals surface area contributed by atoms with Gasteiger partial charge in [-0.15, -0.1) is 0 Å². The van der Waals surface area contributed by atoms with Crippen LogP contribution in [0.15, 0.2) is 18.2 Å². The van der Waals surface area contributed by atoms with E-state index in [1.54, 1.807) is 13.8 Å². The van der Waals surface area contributed by atoms with Crippen LogP contribution < -0.4 is 5.32 Å². The van der Waals surface area contributed by atoms with Crippen LogP contribution in [0.2, 0.25) is 0 Å². The van der Waals surface area contributed by atoms with Crippen LogP contribution >= 0.6 is 0 Å². The van der Waals surface area contributed by atoms with Crippen LogP contribution in [0.3, 0.4) is 0 Å². The fourth-order valence-corrected chi connectivity index (χ4v) is 1.46. The highest BCUT2D eigenvalue weighted by Crippen LogP contribution is 2.13. The molecule has 1 rings (SSSR count). The molecule has 1 atom stereocenters. The van der Waals surface area contributed by atoms with Crippen molar-refractivity contribution >= 4 is 5.91 Å². The Labute approximate surface area is 101 Å². The van der Waals surface area contributed by atoms with E-state index < -0.39 is 5.54 Å². The molecule has 1 aromatic rings. The van der Waals surface area contributed by atoms with Gasteiger partial charge in [-0.2, -0.15) is 0 Å². The highest BCUT2D eigenvalue weighted by molar-refractivity contribution is 5.96. The maximum Gasteiger partial charge on any atom is 0.252 e. The minimum atomic E-state index is -0.641. The number of aliphatic hydroxyl groups is 1. The molecule has 0 aromatic heterocycles. The third-order valence-corrected chi connectivity index (χ3v) is 2.98. The molecule has 2 N–H and O–H groups in total. The van der Waals surface area contributed by atoms with Crippen LogP contribution in [-0.4, -0.2) is 23.2 Å². The molecule has 17 heavy (non-hydrogen) atoms. The van der Waals surface area contributed by atoms with E-state index in [-0.39, 0.29) is 18.3 Å². The second-order valence-corrected chi connectivity index (χ2v) is 4.49. The fraction of sp³-hybridized carbons (Fsp3) is 0.462. The summed E-state index contributed by atoms with van der Waals surface area (Å²) in [5.74, 6) is -0.652. The monoisotopic (exact) mass is 239 g/mol.